The molecule has 0 saturated heterocycles. The topological polar surface area (TPSA) is 38.5 Å². The van der Waals surface area contributed by atoms with Crippen LogP contribution in [0.5, 0.6) is 5.75 Å². The zero-order chi connectivity index (χ0) is 15.4. The molecule has 21 heavy (non-hydrogen) atoms. The summed E-state index contributed by atoms with van der Waals surface area (Å²) in [6, 6.07) is 10.5. The SMILES string of the molecule is COc1ccc(C(C(C)N)N(C)Cc2csc(Br)c2)cc1. The molecule has 0 aliphatic heterocycles. The van der Waals surface area contributed by atoms with E-state index in [4.69, 9.17) is 10.5 Å². The van der Waals surface area contributed by atoms with E-state index in [1.807, 2.05) is 12.1 Å². The van der Waals surface area contributed by atoms with Gasteiger partial charge in [-0.15, -0.1) is 11.3 Å². The second kappa shape index (κ2) is 7.40. The van der Waals surface area contributed by atoms with E-state index in [0.29, 0.717) is 0 Å². The Bertz CT molecular complexity index is 568. The monoisotopic (exact) mass is 368 g/mol. The molecule has 2 rings (SSSR count). The first kappa shape index (κ1) is 16.5. The number of thiophene rings is 1. The highest BCUT2D eigenvalue weighted by Gasteiger charge is 2.21. The second-order valence-electron chi connectivity index (χ2n) is 5.25. The van der Waals surface area contributed by atoms with E-state index >= 15 is 0 Å². The number of benzene rings is 1. The molecule has 5 heteroatoms. The number of likely N-dealkylation sites (N-methyl/N-ethyl adjacent to an activating group) is 1. The predicted octanol–water partition coefficient (Wildman–Crippen LogP) is 4.04. The Morgan fingerprint density at radius 2 is 2.00 bits per heavy atom. The molecule has 1 aromatic heterocycles. The van der Waals surface area contributed by atoms with Gasteiger partial charge in [-0.3, -0.25) is 4.90 Å². The van der Waals surface area contributed by atoms with Crippen molar-refractivity contribution in [3.8, 4) is 5.75 Å². The second-order valence-corrected chi connectivity index (χ2v) is 7.54. The molecule has 0 saturated carbocycles. The fraction of sp³-hybridized carbons (Fsp3) is 0.375. The smallest absolute Gasteiger partial charge is 0.118 e. The number of ether oxygens (including phenoxy) is 1. The Morgan fingerprint density at radius 1 is 1.33 bits per heavy atom. The number of nitrogens with two attached hydrogens (primary N) is 1. The van der Waals surface area contributed by atoms with Crippen molar-refractivity contribution in [2.75, 3.05) is 14.2 Å². The predicted molar refractivity (Wildman–Crippen MR) is 92.9 cm³/mol. The van der Waals surface area contributed by atoms with E-state index in [-0.39, 0.29) is 12.1 Å². The zero-order valence-electron chi connectivity index (χ0n) is 12.5. The third-order valence-corrected chi connectivity index (χ3v) is 5.04. The Kier molecular flexibility index (Phi) is 5.81. The molecule has 1 aromatic carbocycles. The summed E-state index contributed by atoms with van der Waals surface area (Å²) in [4.78, 5) is 2.29. The minimum Gasteiger partial charge on any atom is -0.497 e. The summed E-state index contributed by atoms with van der Waals surface area (Å²) < 4.78 is 6.38. The van der Waals surface area contributed by atoms with Crippen molar-refractivity contribution in [3.05, 3.63) is 50.6 Å². The molecule has 0 radical (unpaired) electrons. The molecule has 2 aromatic rings. The third kappa shape index (κ3) is 4.30. The number of nitrogens with zero attached hydrogens (tertiary/aromatic N) is 1. The van der Waals surface area contributed by atoms with Gasteiger partial charge < -0.3 is 10.5 Å². The molecule has 2 unspecified atom stereocenters. The van der Waals surface area contributed by atoms with Crippen LogP contribution in [0.1, 0.15) is 24.1 Å². The van der Waals surface area contributed by atoms with Crippen molar-refractivity contribution >= 4 is 27.3 Å². The standard InChI is InChI=1S/C16H21BrN2OS/c1-11(18)16(13-4-6-14(20-3)7-5-13)19(2)9-12-8-15(17)21-10-12/h4-8,10-11,16H,9,18H2,1-3H3. The van der Waals surface area contributed by atoms with E-state index in [1.54, 1.807) is 18.4 Å². The van der Waals surface area contributed by atoms with Gasteiger partial charge in [0, 0.05) is 18.6 Å². The molecular formula is C16H21BrN2OS. The normalized spacial score (nSPS) is 14.2. The highest BCUT2D eigenvalue weighted by atomic mass is 79.9. The van der Waals surface area contributed by atoms with Crippen molar-refractivity contribution in [2.24, 2.45) is 5.73 Å². The van der Waals surface area contributed by atoms with Crippen molar-refractivity contribution < 1.29 is 4.74 Å². The maximum absolute atomic E-state index is 6.22. The molecule has 0 aliphatic carbocycles. The minimum absolute atomic E-state index is 0.0467. The quantitative estimate of drug-likeness (QED) is 0.835. The highest BCUT2D eigenvalue weighted by Crippen LogP contribution is 2.28. The number of rotatable bonds is 6. The average Bonchev–Trinajstić information content (AvgIpc) is 2.84. The number of hydrogen-bond acceptors (Lipinski definition) is 4. The molecule has 2 N–H and O–H groups in total. The van der Waals surface area contributed by atoms with Gasteiger partial charge in [-0.1, -0.05) is 12.1 Å². The summed E-state index contributed by atoms with van der Waals surface area (Å²) in [5.41, 5.74) is 8.73. The molecule has 0 spiro atoms. The molecule has 1 heterocycles. The largest absolute Gasteiger partial charge is 0.497 e. The number of methoxy groups -OCH3 is 1. The zero-order valence-corrected chi connectivity index (χ0v) is 14.9. The van der Waals surface area contributed by atoms with Gasteiger partial charge in [-0.25, -0.2) is 0 Å². The summed E-state index contributed by atoms with van der Waals surface area (Å²) in [5, 5.41) is 2.17. The van der Waals surface area contributed by atoms with Crippen molar-refractivity contribution in [3.63, 3.8) is 0 Å². The third-order valence-electron chi connectivity index (χ3n) is 3.48. The minimum atomic E-state index is 0.0467. The van der Waals surface area contributed by atoms with Gasteiger partial charge in [0.1, 0.15) is 5.75 Å². The van der Waals surface area contributed by atoms with Crippen molar-refractivity contribution in [1.29, 1.82) is 0 Å². The molecule has 0 aliphatic rings. The van der Waals surface area contributed by atoms with Gasteiger partial charge in [0.2, 0.25) is 0 Å². The first-order chi connectivity index (χ1) is 10.0. The Balaban J connectivity index is 2.16. The van der Waals surface area contributed by atoms with Crippen LogP contribution >= 0.6 is 27.3 Å². The van der Waals surface area contributed by atoms with Gasteiger partial charge >= 0.3 is 0 Å². The van der Waals surface area contributed by atoms with Gasteiger partial charge in [0.15, 0.2) is 0 Å². The fourth-order valence-corrected chi connectivity index (χ4v) is 3.78. The lowest BCUT2D eigenvalue weighted by molar-refractivity contribution is 0.211. The summed E-state index contributed by atoms with van der Waals surface area (Å²) in [6.07, 6.45) is 0. The summed E-state index contributed by atoms with van der Waals surface area (Å²) in [5.74, 6) is 0.867. The van der Waals surface area contributed by atoms with Crippen LogP contribution in [-0.2, 0) is 6.54 Å². The molecule has 0 amide bonds. The van der Waals surface area contributed by atoms with E-state index in [1.165, 1.54) is 11.1 Å². The van der Waals surface area contributed by atoms with E-state index in [2.05, 4.69) is 58.4 Å². The maximum Gasteiger partial charge on any atom is 0.118 e. The molecule has 0 fully saturated rings. The lowest BCUT2D eigenvalue weighted by atomic mass is 9.99. The maximum atomic E-state index is 6.22. The molecular weight excluding hydrogens is 348 g/mol. The van der Waals surface area contributed by atoms with Gasteiger partial charge in [-0.05, 0) is 64.6 Å². The lowest BCUT2D eigenvalue weighted by Crippen LogP contribution is -2.36. The van der Waals surface area contributed by atoms with Gasteiger partial charge in [-0.2, -0.15) is 0 Å². The van der Waals surface area contributed by atoms with Crippen LogP contribution in [0.2, 0.25) is 0 Å². The van der Waals surface area contributed by atoms with E-state index in [9.17, 15) is 0 Å². The molecule has 2 atom stereocenters. The first-order valence-corrected chi connectivity index (χ1v) is 8.51. The Hall–Kier alpha value is -0.880. The van der Waals surface area contributed by atoms with Crippen LogP contribution in [0.25, 0.3) is 0 Å². The van der Waals surface area contributed by atoms with Crippen LogP contribution < -0.4 is 10.5 Å². The average molecular weight is 369 g/mol. The highest BCUT2D eigenvalue weighted by molar-refractivity contribution is 9.11. The molecule has 0 bridgehead atoms. The van der Waals surface area contributed by atoms with Crippen molar-refractivity contribution in [2.45, 2.75) is 25.6 Å². The Morgan fingerprint density at radius 3 is 2.48 bits per heavy atom. The molecule has 3 nitrogen and oxygen atoms in total. The van der Waals surface area contributed by atoms with E-state index < -0.39 is 0 Å². The van der Waals surface area contributed by atoms with Gasteiger partial charge in [0.25, 0.3) is 0 Å². The number of hydrogen-bond donors (Lipinski definition) is 1. The first-order valence-electron chi connectivity index (χ1n) is 6.84. The lowest BCUT2D eigenvalue weighted by Gasteiger charge is -2.31. The summed E-state index contributed by atoms with van der Waals surface area (Å²) in [7, 11) is 3.79. The Labute approximate surface area is 138 Å². The summed E-state index contributed by atoms with van der Waals surface area (Å²) >= 11 is 5.22. The van der Waals surface area contributed by atoms with Crippen LogP contribution in [-0.4, -0.2) is 25.1 Å². The van der Waals surface area contributed by atoms with E-state index in [0.717, 1.165) is 16.1 Å². The van der Waals surface area contributed by atoms with Crippen LogP contribution in [0.15, 0.2) is 39.5 Å². The van der Waals surface area contributed by atoms with Crippen LogP contribution in [0.4, 0.5) is 0 Å². The number of halogens is 1. The van der Waals surface area contributed by atoms with Gasteiger partial charge in [0.05, 0.1) is 10.9 Å². The summed E-state index contributed by atoms with van der Waals surface area (Å²) in [6.45, 7) is 2.93. The molecule has 114 valence electrons. The van der Waals surface area contributed by atoms with Crippen LogP contribution in [0, 0.1) is 0 Å². The van der Waals surface area contributed by atoms with Crippen molar-refractivity contribution in [1.82, 2.24) is 4.90 Å². The van der Waals surface area contributed by atoms with Crippen LogP contribution in [0.3, 0.4) is 0 Å². The fourth-order valence-electron chi connectivity index (χ4n) is 2.58.